The minimum absolute atomic E-state index is 0.00247. The summed E-state index contributed by atoms with van der Waals surface area (Å²) in [6.45, 7) is 0.801. The normalized spacial score (nSPS) is 18.9. The van der Waals surface area contributed by atoms with Crippen LogP contribution in [0.3, 0.4) is 0 Å². The fourth-order valence-electron chi connectivity index (χ4n) is 1.39. The van der Waals surface area contributed by atoms with E-state index in [-0.39, 0.29) is 12.0 Å². The molecular weight excluding hydrogens is 186 g/mol. The molecular formula is C9H13NO2S. The fourth-order valence-corrected chi connectivity index (χ4v) is 2.28. The summed E-state index contributed by atoms with van der Waals surface area (Å²) in [6.07, 6.45) is 2.14. The molecule has 1 aromatic heterocycles. The minimum Gasteiger partial charge on any atom is -0.395 e. The Balaban J connectivity index is 2.13. The summed E-state index contributed by atoms with van der Waals surface area (Å²) >= 11 is 1.61. The maximum atomic E-state index is 9.18. The largest absolute Gasteiger partial charge is 0.395 e. The molecule has 0 unspecified atom stereocenters. The Bertz CT molecular complexity index is 294. The molecule has 1 saturated carbocycles. The van der Waals surface area contributed by atoms with Gasteiger partial charge in [0, 0.05) is 17.9 Å². The third-order valence-corrected chi connectivity index (χ3v) is 3.34. The fraction of sp³-hybridized carbons (Fsp3) is 0.667. The second-order valence-corrected chi connectivity index (χ2v) is 4.44. The summed E-state index contributed by atoms with van der Waals surface area (Å²) in [7, 11) is 1.67. The molecule has 0 spiro atoms. The van der Waals surface area contributed by atoms with Crippen LogP contribution in [0.5, 0.6) is 0 Å². The molecule has 1 aliphatic carbocycles. The monoisotopic (exact) mass is 199 g/mol. The lowest BCUT2D eigenvalue weighted by Gasteiger charge is -2.06. The first-order valence-corrected chi connectivity index (χ1v) is 5.23. The van der Waals surface area contributed by atoms with Gasteiger partial charge >= 0.3 is 0 Å². The van der Waals surface area contributed by atoms with E-state index in [4.69, 9.17) is 4.74 Å². The topological polar surface area (TPSA) is 42.4 Å². The highest BCUT2D eigenvalue weighted by molar-refractivity contribution is 7.09. The van der Waals surface area contributed by atoms with Gasteiger partial charge in [0.2, 0.25) is 0 Å². The van der Waals surface area contributed by atoms with Crippen molar-refractivity contribution in [3.8, 4) is 0 Å². The van der Waals surface area contributed by atoms with E-state index in [1.54, 1.807) is 18.4 Å². The van der Waals surface area contributed by atoms with Gasteiger partial charge in [-0.05, 0) is 12.8 Å². The van der Waals surface area contributed by atoms with Gasteiger partial charge in [0.15, 0.2) is 0 Å². The maximum absolute atomic E-state index is 9.18. The molecule has 1 fully saturated rings. The van der Waals surface area contributed by atoms with Crippen LogP contribution < -0.4 is 0 Å². The van der Waals surface area contributed by atoms with Crippen LogP contribution in [0.25, 0.3) is 0 Å². The molecule has 4 heteroatoms. The SMILES string of the molecule is COCc1nc(C2(CO)CC2)cs1. The highest BCUT2D eigenvalue weighted by Crippen LogP contribution is 2.47. The van der Waals surface area contributed by atoms with Crippen LogP contribution in [0.4, 0.5) is 0 Å². The zero-order chi connectivity index (χ0) is 9.31. The first-order valence-electron chi connectivity index (χ1n) is 4.35. The van der Waals surface area contributed by atoms with Crippen molar-refractivity contribution in [3.63, 3.8) is 0 Å². The number of methoxy groups -OCH3 is 1. The Morgan fingerprint density at radius 1 is 1.69 bits per heavy atom. The van der Waals surface area contributed by atoms with Gasteiger partial charge in [0.1, 0.15) is 5.01 Å². The van der Waals surface area contributed by atoms with E-state index in [1.807, 2.05) is 5.38 Å². The molecule has 72 valence electrons. The van der Waals surface area contributed by atoms with Crippen LogP contribution in [-0.4, -0.2) is 23.8 Å². The van der Waals surface area contributed by atoms with Gasteiger partial charge in [-0.1, -0.05) is 0 Å². The molecule has 3 nitrogen and oxygen atoms in total. The second-order valence-electron chi connectivity index (χ2n) is 3.50. The smallest absolute Gasteiger partial charge is 0.119 e. The van der Waals surface area contributed by atoms with E-state index in [0.717, 1.165) is 23.5 Å². The Morgan fingerprint density at radius 2 is 2.46 bits per heavy atom. The van der Waals surface area contributed by atoms with Gasteiger partial charge in [-0.3, -0.25) is 0 Å². The van der Waals surface area contributed by atoms with Crippen molar-refractivity contribution in [2.45, 2.75) is 24.9 Å². The first kappa shape index (κ1) is 9.12. The van der Waals surface area contributed by atoms with E-state index in [1.165, 1.54) is 0 Å². The second kappa shape index (κ2) is 3.36. The third-order valence-electron chi connectivity index (χ3n) is 2.52. The number of hydrogen-bond donors (Lipinski definition) is 1. The summed E-state index contributed by atoms with van der Waals surface area (Å²) in [5.74, 6) is 0. The van der Waals surface area contributed by atoms with Crippen molar-refractivity contribution in [2.75, 3.05) is 13.7 Å². The number of thiazole rings is 1. The Morgan fingerprint density at radius 3 is 3.00 bits per heavy atom. The zero-order valence-electron chi connectivity index (χ0n) is 7.62. The van der Waals surface area contributed by atoms with Gasteiger partial charge in [-0.15, -0.1) is 11.3 Å². The highest BCUT2D eigenvalue weighted by Gasteiger charge is 2.45. The molecule has 0 atom stereocenters. The van der Waals surface area contributed by atoms with Gasteiger partial charge < -0.3 is 9.84 Å². The summed E-state index contributed by atoms with van der Waals surface area (Å²) in [5.41, 5.74) is 1.05. The van der Waals surface area contributed by atoms with Gasteiger partial charge in [0.05, 0.1) is 18.9 Å². The van der Waals surface area contributed by atoms with Crippen molar-refractivity contribution >= 4 is 11.3 Å². The predicted octanol–water partition coefficient (Wildman–Crippen LogP) is 1.31. The van der Waals surface area contributed by atoms with E-state index >= 15 is 0 Å². The van der Waals surface area contributed by atoms with Crippen LogP contribution in [0, 0.1) is 0 Å². The molecule has 13 heavy (non-hydrogen) atoms. The Labute approximate surface area is 81.4 Å². The predicted molar refractivity (Wildman–Crippen MR) is 50.8 cm³/mol. The van der Waals surface area contributed by atoms with E-state index in [9.17, 15) is 5.11 Å². The summed E-state index contributed by atoms with van der Waals surface area (Å²) in [6, 6.07) is 0. The molecule has 1 aromatic rings. The average molecular weight is 199 g/mol. The number of aromatic nitrogens is 1. The number of nitrogens with zero attached hydrogens (tertiary/aromatic N) is 1. The van der Waals surface area contributed by atoms with Crippen molar-refractivity contribution in [3.05, 3.63) is 16.1 Å². The first-order chi connectivity index (χ1) is 6.30. The number of ether oxygens (including phenoxy) is 1. The Hall–Kier alpha value is -0.450. The number of aliphatic hydroxyl groups is 1. The molecule has 0 aromatic carbocycles. The quantitative estimate of drug-likeness (QED) is 0.795. The van der Waals surface area contributed by atoms with E-state index in [2.05, 4.69) is 4.98 Å². The van der Waals surface area contributed by atoms with Gasteiger partial charge in [-0.2, -0.15) is 0 Å². The number of hydrogen-bond acceptors (Lipinski definition) is 4. The minimum atomic E-state index is 0.00247. The number of aliphatic hydroxyl groups excluding tert-OH is 1. The molecule has 0 bridgehead atoms. The average Bonchev–Trinajstić information content (AvgIpc) is 2.82. The molecule has 0 saturated heterocycles. The molecule has 0 radical (unpaired) electrons. The standard InChI is InChI=1S/C9H13NO2S/c1-12-4-8-10-7(5-13-8)9(6-11)2-3-9/h5,11H,2-4,6H2,1H3. The lowest BCUT2D eigenvalue weighted by atomic mass is 10.1. The van der Waals surface area contributed by atoms with Crippen LogP contribution in [0.15, 0.2) is 5.38 Å². The molecule has 1 heterocycles. The lowest BCUT2D eigenvalue weighted by molar-refractivity contribution is 0.184. The molecule has 0 amide bonds. The molecule has 0 aliphatic heterocycles. The van der Waals surface area contributed by atoms with E-state index in [0.29, 0.717) is 6.61 Å². The van der Waals surface area contributed by atoms with Gasteiger partial charge in [0.25, 0.3) is 0 Å². The van der Waals surface area contributed by atoms with Crippen molar-refractivity contribution in [1.82, 2.24) is 4.98 Å². The third kappa shape index (κ3) is 1.61. The highest BCUT2D eigenvalue weighted by atomic mass is 32.1. The number of rotatable bonds is 4. The van der Waals surface area contributed by atoms with Crippen molar-refractivity contribution in [2.24, 2.45) is 0 Å². The summed E-state index contributed by atoms with van der Waals surface area (Å²) in [4.78, 5) is 4.44. The van der Waals surface area contributed by atoms with Crippen LogP contribution in [0.2, 0.25) is 0 Å². The lowest BCUT2D eigenvalue weighted by Crippen LogP contribution is -2.12. The van der Waals surface area contributed by atoms with Crippen LogP contribution in [0.1, 0.15) is 23.5 Å². The molecule has 1 aliphatic rings. The summed E-state index contributed by atoms with van der Waals surface area (Å²) in [5, 5.41) is 12.2. The molecule has 2 rings (SSSR count). The van der Waals surface area contributed by atoms with Crippen LogP contribution >= 0.6 is 11.3 Å². The summed E-state index contributed by atoms with van der Waals surface area (Å²) < 4.78 is 4.99. The maximum Gasteiger partial charge on any atom is 0.119 e. The van der Waals surface area contributed by atoms with Crippen LogP contribution in [-0.2, 0) is 16.8 Å². The Kier molecular flexibility index (Phi) is 2.36. The molecule has 1 N–H and O–H groups in total. The van der Waals surface area contributed by atoms with E-state index < -0.39 is 0 Å². The van der Waals surface area contributed by atoms with Gasteiger partial charge in [-0.25, -0.2) is 4.98 Å². The zero-order valence-corrected chi connectivity index (χ0v) is 8.43. The van der Waals surface area contributed by atoms with Crippen molar-refractivity contribution in [1.29, 1.82) is 0 Å². The van der Waals surface area contributed by atoms with Crippen molar-refractivity contribution < 1.29 is 9.84 Å².